The second-order valence-corrected chi connectivity index (χ2v) is 9.20. The summed E-state index contributed by atoms with van der Waals surface area (Å²) in [6.45, 7) is 0.850. The molecule has 1 aliphatic carbocycles. The van der Waals surface area contributed by atoms with Crippen LogP contribution >= 0.6 is 0 Å². The van der Waals surface area contributed by atoms with E-state index in [9.17, 15) is 8.42 Å². The van der Waals surface area contributed by atoms with Crippen molar-refractivity contribution >= 4 is 9.84 Å². The standard InChI is InChI=1S/C15H27NO3S/c1-16-14(13-5-9-20(17,18)11-13)12-4-8-19-15(10-12)6-2-3-7-15/h12-14,16H,2-11H2,1H3. The molecule has 0 aromatic carbocycles. The van der Waals surface area contributed by atoms with Crippen molar-refractivity contribution in [2.75, 3.05) is 25.2 Å². The minimum Gasteiger partial charge on any atom is -0.375 e. The Labute approximate surface area is 122 Å². The van der Waals surface area contributed by atoms with Crippen LogP contribution in [0, 0.1) is 11.8 Å². The van der Waals surface area contributed by atoms with Crippen molar-refractivity contribution in [1.82, 2.24) is 5.32 Å². The Bertz CT molecular complexity index is 442. The topological polar surface area (TPSA) is 55.4 Å². The van der Waals surface area contributed by atoms with Gasteiger partial charge in [0, 0.05) is 12.6 Å². The van der Waals surface area contributed by atoms with Gasteiger partial charge >= 0.3 is 0 Å². The zero-order valence-electron chi connectivity index (χ0n) is 12.4. The summed E-state index contributed by atoms with van der Waals surface area (Å²) in [5, 5.41) is 3.44. The Morgan fingerprint density at radius 3 is 2.55 bits per heavy atom. The maximum absolute atomic E-state index is 11.7. The van der Waals surface area contributed by atoms with Crippen molar-refractivity contribution in [2.45, 2.75) is 56.6 Å². The molecule has 20 heavy (non-hydrogen) atoms. The minimum absolute atomic E-state index is 0.121. The third-order valence-electron chi connectivity index (χ3n) is 5.66. The smallest absolute Gasteiger partial charge is 0.150 e. The molecular formula is C15H27NO3S. The maximum Gasteiger partial charge on any atom is 0.150 e. The third kappa shape index (κ3) is 2.90. The summed E-state index contributed by atoms with van der Waals surface area (Å²) in [4.78, 5) is 0. The summed E-state index contributed by atoms with van der Waals surface area (Å²) < 4.78 is 29.6. The van der Waals surface area contributed by atoms with E-state index < -0.39 is 9.84 Å². The van der Waals surface area contributed by atoms with Gasteiger partial charge in [-0.3, -0.25) is 0 Å². The average molecular weight is 301 g/mol. The molecule has 2 aliphatic heterocycles. The fourth-order valence-corrected chi connectivity index (χ4v) is 6.56. The molecule has 1 saturated carbocycles. The van der Waals surface area contributed by atoms with Gasteiger partial charge in [0.25, 0.3) is 0 Å². The fraction of sp³-hybridized carbons (Fsp3) is 1.00. The molecular weight excluding hydrogens is 274 g/mol. The van der Waals surface area contributed by atoms with Crippen LogP contribution in [-0.2, 0) is 14.6 Å². The largest absolute Gasteiger partial charge is 0.375 e. The van der Waals surface area contributed by atoms with Crippen molar-refractivity contribution in [3.05, 3.63) is 0 Å². The Balaban J connectivity index is 1.69. The van der Waals surface area contributed by atoms with Gasteiger partial charge in [-0.25, -0.2) is 8.42 Å². The summed E-state index contributed by atoms with van der Waals surface area (Å²) in [6, 6.07) is 0.341. The molecule has 3 fully saturated rings. The lowest BCUT2D eigenvalue weighted by Gasteiger charge is -2.42. The molecule has 4 nitrogen and oxygen atoms in total. The van der Waals surface area contributed by atoms with Crippen LogP contribution in [0.15, 0.2) is 0 Å². The first-order valence-electron chi connectivity index (χ1n) is 8.05. The van der Waals surface area contributed by atoms with Crippen LogP contribution < -0.4 is 5.32 Å². The van der Waals surface area contributed by atoms with Crippen molar-refractivity contribution in [1.29, 1.82) is 0 Å². The van der Waals surface area contributed by atoms with Crippen LogP contribution in [0.4, 0.5) is 0 Å². The van der Waals surface area contributed by atoms with Gasteiger partial charge in [0.1, 0.15) is 0 Å². The van der Waals surface area contributed by atoms with Gasteiger partial charge in [0.05, 0.1) is 17.1 Å². The van der Waals surface area contributed by atoms with Crippen LogP contribution in [0.1, 0.15) is 44.9 Å². The number of ether oxygens (including phenoxy) is 1. The van der Waals surface area contributed by atoms with E-state index in [1.807, 2.05) is 7.05 Å². The summed E-state index contributed by atoms with van der Waals surface area (Å²) in [5.74, 6) is 1.63. The van der Waals surface area contributed by atoms with Crippen LogP contribution in [0.3, 0.4) is 0 Å². The van der Waals surface area contributed by atoms with Gasteiger partial charge in [0.2, 0.25) is 0 Å². The predicted molar refractivity (Wildman–Crippen MR) is 79.5 cm³/mol. The molecule has 0 aromatic rings. The molecule has 0 aromatic heterocycles. The highest BCUT2D eigenvalue weighted by molar-refractivity contribution is 7.91. The second kappa shape index (κ2) is 5.58. The highest BCUT2D eigenvalue weighted by Gasteiger charge is 2.44. The minimum atomic E-state index is -2.79. The van der Waals surface area contributed by atoms with E-state index in [2.05, 4.69) is 5.32 Å². The number of nitrogens with one attached hydrogen (secondary N) is 1. The molecule has 2 heterocycles. The Hall–Kier alpha value is -0.130. The quantitative estimate of drug-likeness (QED) is 0.863. The number of hydrogen-bond acceptors (Lipinski definition) is 4. The van der Waals surface area contributed by atoms with E-state index in [1.54, 1.807) is 0 Å². The highest BCUT2D eigenvalue weighted by atomic mass is 32.2. The Morgan fingerprint density at radius 2 is 1.95 bits per heavy atom. The van der Waals surface area contributed by atoms with Crippen molar-refractivity contribution in [3.8, 4) is 0 Å². The van der Waals surface area contributed by atoms with Gasteiger partial charge < -0.3 is 10.1 Å². The van der Waals surface area contributed by atoms with Gasteiger partial charge in [-0.05, 0) is 51.0 Å². The van der Waals surface area contributed by atoms with E-state index in [-0.39, 0.29) is 5.60 Å². The molecule has 3 atom stereocenters. The number of rotatable bonds is 3. The van der Waals surface area contributed by atoms with Crippen LogP contribution in [0.5, 0.6) is 0 Å². The van der Waals surface area contributed by atoms with Crippen LogP contribution in [0.2, 0.25) is 0 Å². The lowest BCUT2D eigenvalue weighted by Crippen LogP contribution is -2.48. The molecule has 0 amide bonds. The fourth-order valence-electron chi connectivity index (χ4n) is 4.70. The summed E-state index contributed by atoms with van der Waals surface area (Å²) in [6.07, 6.45) is 7.99. The van der Waals surface area contributed by atoms with Gasteiger partial charge in [-0.2, -0.15) is 0 Å². The molecule has 116 valence electrons. The molecule has 3 rings (SSSR count). The summed E-state index contributed by atoms with van der Waals surface area (Å²) in [7, 11) is -0.796. The maximum atomic E-state index is 11.7. The number of hydrogen-bond donors (Lipinski definition) is 1. The molecule has 1 spiro atoms. The highest BCUT2D eigenvalue weighted by Crippen LogP contribution is 2.44. The SMILES string of the molecule is CNC(C1CCOC2(CCCC2)C1)C1CCS(=O)(=O)C1. The first kappa shape index (κ1) is 14.8. The lowest BCUT2D eigenvalue weighted by atomic mass is 9.76. The summed E-state index contributed by atoms with van der Waals surface area (Å²) >= 11 is 0. The number of sulfone groups is 1. The molecule has 2 saturated heterocycles. The normalized spacial score (nSPS) is 37.2. The average Bonchev–Trinajstić information content (AvgIpc) is 2.98. The first-order chi connectivity index (χ1) is 9.54. The van der Waals surface area contributed by atoms with Crippen LogP contribution in [0.25, 0.3) is 0 Å². The molecule has 5 heteroatoms. The molecule has 0 bridgehead atoms. The Morgan fingerprint density at radius 1 is 1.20 bits per heavy atom. The van der Waals surface area contributed by atoms with E-state index in [1.165, 1.54) is 25.7 Å². The van der Waals surface area contributed by atoms with Crippen molar-refractivity contribution < 1.29 is 13.2 Å². The molecule has 0 radical (unpaired) electrons. The van der Waals surface area contributed by atoms with Crippen molar-refractivity contribution in [3.63, 3.8) is 0 Å². The zero-order chi connectivity index (χ0) is 14.2. The molecule has 3 unspecified atom stereocenters. The Kier molecular flexibility index (Phi) is 4.13. The van der Waals surface area contributed by atoms with E-state index in [4.69, 9.17) is 4.74 Å². The van der Waals surface area contributed by atoms with Crippen molar-refractivity contribution in [2.24, 2.45) is 11.8 Å². The lowest BCUT2D eigenvalue weighted by molar-refractivity contribution is -0.0999. The van der Waals surface area contributed by atoms with Crippen LogP contribution in [-0.4, -0.2) is 45.2 Å². The van der Waals surface area contributed by atoms with Gasteiger partial charge in [0.15, 0.2) is 9.84 Å². The molecule has 3 aliphatic rings. The van der Waals surface area contributed by atoms with Gasteiger partial charge in [-0.15, -0.1) is 0 Å². The second-order valence-electron chi connectivity index (χ2n) is 6.97. The van der Waals surface area contributed by atoms with E-state index in [0.717, 1.165) is 25.9 Å². The third-order valence-corrected chi connectivity index (χ3v) is 7.46. The zero-order valence-corrected chi connectivity index (χ0v) is 13.3. The monoisotopic (exact) mass is 301 g/mol. The van der Waals surface area contributed by atoms with E-state index >= 15 is 0 Å². The van der Waals surface area contributed by atoms with E-state index in [0.29, 0.717) is 29.4 Å². The predicted octanol–water partition coefficient (Wildman–Crippen LogP) is 1.75. The summed E-state index contributed by atoms with van der Waals surface area (Å²) in [5.41, 5.74) is 0.121. The van der Waals surface area contributed by atoms with Gasteiger partial charge in [-0.1, -0.05) is 12.8 Å². The first-order valence-corrected chi connectivity index (χ1v) is 9.87. The molecule has 1 N–H and O–H groups in total.